The number of hydrogen-bond acceptors (Lipinski definition) is 10. The third-order valence-corrected chi connectivity index (χ3v) is 7.85. The number of fused-ring (bicyclic) bond motifs is 1. The molecule has 3 N–H and O–H groups in total. The summed E-state index contributed by atoms with van der Waals surface area (Å²) in [4.78, 5) is 25.4. The minimum absolute atomic E-state index is 0.207. The maximum atomic E-state index is 12.8. The molecule has 0 fully saturated rings. The van der Waals surface area contributed by atoms with Crippen LogP contribution >= 0.6 is 34.8 Å². The van der Waals surface area contributed by atoms with Gasteiger partial charge in [0.05, 0.1) is 35.1 Å². The third kappa shape index (κ3) is 7.80. The second kappa shape index (κ2) is 15.1. The van der Waals surface area contributed by atoms with Crippen LogP contribution < -0.4 is 39.7 Å². The molecule has 3 aromatic carbocycles. The highest BCUT2D eigenvalue weighted by molar-refractivity contribution is 14.1. The third-order valence-electron chi connectivity index (χ3n) is 6.83. The standard InChI is InChI=1S/C32H31IN4O8S/c1-4-41-31(39)28-18(2)35-32(46)36-29(28)21-7-5-6-8-23(21)42-16-27(38)37-34-14-20-11-22(33)30(26(13-20)40-3)43-15-19-9-10-24-25(12-19)45-17-44-24/h5-14,29H,4,15-17H2,1-3H3,(H,37,38)(H2,35,36,46)/t29-/m1/s1. The zero-order valence-electron chi connectivity index (χ0n) is 25.2. The second-order valence-electron chi connectivity index (χ2n) is 9.92. The number of ether oxygens (including phenoxy) is 6. The topological polar surface area (TPSA) is 138 Å². The molecule has 2 aliphatic heterocycles. The molecule has 46 heavy (non-hydrogen) atoms. The molecular formula is C32H31IN4O8S. The number of para-hydroxylation sites is 1. The summed E-state index contributed by atoms with van der Waals surface area (Å²) in [5.41, 5.74) is 5.64. The number of halogens is 1. The van der Waals surface area contributed by atoms with Crippen LogP contribution in [0.2, 0.25) is 0 Å². The number of hydrogen-bond donors (Lipinski definition) is 3. The number of esters is 1. The van der Waals surface area contributed by atoms with Crippen LogP contribution in [0.4, 0.5) is 0 Å². The fraction of sp³-hybridized carbons (Fsp3) is 0.250. The van der Waals surface area contributed by atoms with Gasteiger partial charge in [0.15, 0.2) is 34.7 Å². The van der Waals surface area contributed by atoms with Crippen molar-refractivity contribution in [3.8, 4) is 28.7 Å². The predicted molar refractivity (Wildman–Crippen MR) is 181 cm³/mol. The molecule has 0 aliphatic carbocycles. The van der Waals surface area contributed by atoms with Gasteiger partial charge in [-0.3, -0.25) is 4.79 Å². The van der Waals surface area contributed by atoms with Gasteiger partial charge in [-0.2, -0.15) is 5.10 Å². The lowest BCUT2D eigenvalue weighted by Gasteiger charge is -2.30. The highest BCUT2D eigenvalue weighted by Gasteiger charge is 2.32. The molecular weight excluding hydrogens is 727 g/mol. The Bertz CT molecular complexity index is 1710. The molecule has 2 heterocycles. The van der Waals surface area contributed by atoms with Crippen molar-refractivity contribution in [3.05, 3.63) is 86.1 Å². The lowest BCUT2D eigenvalue weighted by molar-refractivity contribution is -0.139. The summed E-state index contributed by atoms with van der Waals surface area (Å²) in [6.07, 6.45) is 1.50. The summed E-state index contributed by atoms with van der Waals surface area (Å²) in [7, 11) is 1.55. The summed E-state index contributed by atoms with van der Waals surface area (Å²) in [5, 5.41) is 10.5. The summed E-state index contributed by atoms with van der Waals surface area (Å²) >= 11 is 7.49. The maximum absolute atomic E-state index is 12.8. The summed E-state index contributed by atoms with van der Waals surface area (Å²) < 4.78 is 34.4. The predicted octanol–water partition coefficient (Wildman–Crippen LogP) is 4.49. The van der Waals surface area contributed by atoms with Gasteiger partial charge >= 0.3 is 5.97 Å². The number of rotatable bonds is 12. The van der Waals surface area contributed by atoms with Crippen LogP contribution in [-0.4, -0.2) is 50.3 Å². The lowest BCUT2D eigenvalue weighted by Crippen LogP contribution is -2.45. The second-order valence-corrected chi connectivity index (χ2v) is 11.5. The Kier molecular flexibility index (Phi) is 10.8. The highest BCUT2D eigenvalue weighted by atomic mass is 127. The van der Waals surface area contributed by atoms with E-state index < -0.39 is 17.9 Å². The van der Waals surface area contributed by atoms with Crippen molar-refractivity contribution in [2.75, 3.05) is 27.1 Å². The molecule has 1 atom stereocenters. The van der Waals surface area contributed by atoms with Gasteiger partial charge < -0.3 is 39.1 Å². The van der Waals surface area contributed by atoms with Crippen LogP contribution in [0.3, 0.4) is 0 Å². The van der Waals surface area contributed by atoms with E-state index in [0.717, 1.165) is 9.13 Å². The molecule has 3 aromatic rings. The summed E-state index contributed by atoms with van der Waals surface area (Å²) in [6.45, 7) is 3.89. The van der Waals surface area contributed by atoms with Crippen LogP contribution in [-0.2, 0) is 20.9 Å². The Hall–Kier alpha value is -4.57. The normalized spacial score (nSPS) is 15.2. The average molecular weight is 759 g/mol. The molecule has 0 spiro atoms. The van der Waals surface area contributed by atoms with Crippen LogP contribution in [0.25, 0.3) is 0 Å². The molecule has 14 heteroatoms. The van der Waals surface area contributed by atoms with Gasteiger partial charge in [-0.05, 0) is 90.1 Å². The molecule has 0 radical (unpaired) electrons. The number of nitrogens with zero attached hydrogens (tertiary/aromatic N) is 1. The van der Waals surface area contributed by atoms with Gasteiger partial charge in [-0.15, -0.1) is 0 Å². The van der Waals surface area contributed by atoms with E-state index in [1.807, 2.05) is 24.3 Å². The zero-order chi connectivity index (χ0) is 32.6. The number of hydrazone groups is 1. The maximum Gasteiger partial charge on any atom is 0.338 e. The van der Waals surface area contributed by atoms with Gasteiger partial charge in [-0.1, -0.05) is 24.3 Å². The van der Waals surface area contributed by atoms with Crippen molar-refractivity contribution < 1.29 is 38.0 Å². The molecule has 0 unspecified atom stereocenters. The smallest absolute Gasteiger partial charge is 0.338 e. The number of amides is 1. The van der Waals surface area contributed by atoms with Gasteiger partial charge in [0.25, 0.3) is 5.91 Å². The molecule has 2 aliphatic rings. The van der Waals surface area contributed by atoms with E-state index in [1.165, 1.54) is 6.21 Å². The van der Waals surface area contributed by atoms with E-state index in [-0.39, 0.29) is 20.0 Å². The van der Waals surface area contributed by atoms with Crippen molar-refractivity contribution in [3.63, 3.8) is 0 Å². The fourth-order valence-corrected chi connectivity index (χ4v) is 5.80. The molecule has 1 amide bonds. The minimum atomic E-state index is -0.633. The van der Waals surface area contributed by atoms with E-state index >= 15 is 0 Å². The molecule has 0 saturated heterocycles. The molecule has 0 aromatic heterocycles. The fourth-order valence-electron chi connectivity index (χ4n) is 4.75. The molecule has 12 nitrogen and oxygen atoms in total. The Morgan fingerprint density at radius 1 is 1.11 bits per heavy atom. The first-order valence-corrected chi connectivity index (χ1v) is 15.6. The Balaban J connectivity index is 1.20. The van der Waals surface area contributed by atoms with Crippen molar-refractivity contribution in [2.45, 2.75) is 26.5 Å². The van der Waals surface area contributed by atoms with Crippen LogP contribution in [0, 0.1) is 3.57 Å². The SMILES string of the molecule is CCOC(=O)C1=C(C)NC(=S)N[C@@H]1c1ccccc1OCC(=O)NN=Cc1cc(I)c(OCc2ccc3c(c2)OCO3)c(OC)c1. The monoisotopic (exact) mass is 758 g/mol. The number of carbonyl (C=O) groups excluding carboxylic acids is 2. The van der Waals surface area contributed by atoms with Crippen molar-refractivity contribution in [2.24, 2.45) is 5.10 Å². The number of methoxy groups -OCH3 is 1. The van der Waals surface area contributed by atoms with E-state index in [9.17, 15) is 9.59 Å². The molecule has 5 rings (SSSR count). The van der Waals surface area contributed by atoms with Crippen molar-refractivity contribution in [1.29, 1.82) is 0 Å². The number of thiocarbonyl (C=S) groups is 1. The van der Waals surface area contributed by atoms with Gasteiger partial charge in [0.2, 0.25) is 6.79 Å². The van der Waals surface area contributed by atoms with E-state index in [4.69, 9.17) is 40.6 Å². The van der Waals surface area contributed by atoms with Gasteiger partial charge in [-0.25, -0.2) is 10.2 Å². The number of nitrogens with one attached hydrogen (secondary N) is 3. The quantitative estimate of drug-likeness (QED) is 0.0793. The first-order chi connectivity index (χ1) is 22.3. The average Bonchev–Trinajstić information content (AvgIpc) is 3.51. The highest BCUT2D eigenvalue weighted by Crippen LogP contribution is 2.36. The zero-order valence-corrected chi connectivity index (χ0v) is 28.2. The van der Waals surface area contributed by atoms with Gasteiger partial charge in [0, 0.05) is 11.3 Å². The van der Waals surface area contributed by atoms with Crippen LogP contribution in [0.15, 0.2) is 71.0 Å². The van der Waals surface area contributed by atoms with Crippen molar-refractivity contribution in [1.82, 2.24) is 16.1 Å². The van der Waals surface area contributed by atoms with Crippen molar-refractivity contribution >= 4 is 58.0 Å². The Labute approximate surface area is 284 Å². The van der Waals surface area contributed by atoms with E-state index in [1.54, 1.807) is 51.3 Å². The summed E-state index contributed by atoms with van der Waals surface area (Å²) in [5.74, 6) is 1.91. The number of carbonyl (C=O) groups is 2. The minimum Gasteiger partial charge on any atom is -0.493 e. The Morgan fingerprint density at radius 3 is 2.72 bits per heavy atom. The van der Waals surface area contributed by atoms with E-state index in [2.05, 4.69) is 43.8 Å². The first kappa shape index (κ1) is 32.8. The summed E-state index contributed by atoms with van der Waals surface area (Å²) in [6, 6.07) is 15.7. The molecule has 0 bridgehead atoms. The number of benzene rings is 3. The molecule has 0 saturated carbocycles. The first-order valence-electron chi connectivity index (χ1n) is 14.1. The number of allylic oxidation sites excluding steroid dienone is 1. The van der Waals surface area contributed by atoms with Crippen LogP contribution in [0.5, 0.6) is 28.7 Å². The largest absolute Gasteiger partial charge is 0.493 e. The lowest BCUT2D eigenvalue weighted by atomic mass is 9.95. The van der Waals surface area contributed by atoms with Gasteiger partial charge in [0.1, 0.15) is 12.4 Å². The van der Waals surface area contributed by atoms with Crippen LogP contribution in [0.1, 0.15) is 36.6 Å². The molecule has 240 valence electrons. The Morgan fingerprint density at radius 2 is 1.91 bits per heavy atom. The van der Waals surface area contributed by atoms with E-state index in [0.29, 0.717) is 62.9 Å².